The van der Waals surface area contributed by atoms with Crippen LogP contribution in [0.3, 0.4) is 0 Å². The monoisotopic (exact) mass is 275 g/mol. The smallest absolute Gasteiger partial charge is 0.273 e. The fraction of sp³-hybridized carbons (Fsp3) is 0.154. The van der Waals surface area contributed by atoms with Crippen LogP contribution in [0, 0.1) is 10.1 Å². The second kappa shape index (κ2) is 5.98. The van der Waals surface area contributed by atoms with Gasteiger partial charge in [0.05, 0.1) is 24.3 Å². The number of benzene rings is 1. The van der Waals surface area contributed by atoms with E-state index in [2.05, 4.69) is 4.98 Å². The second-order valence-corrected chi connectivity index (χ2v) is 3.93. The topological polar surface area (TPSA) is 101 Å². The first-order valence-corrected chi connectivity index (χ1v) is 5.78. The maximum atomic E-state index is 10.7. The molecule has 20 heavy (non-hydrogen) atoms. The molecule has 0 unspecified atom stereocenters. The summed E-state index contributed by atoms with van der Waals surface area (Å²) in [6, 6.07) is 5.87. The Hall–Kier alpha value is -2.67. The van der Waals surface area contributed by atoms with Gasteiger partial charge in [0.15, 0.2) is 11.5 Å². The first-order chi connectivity index (χ1) is 9.63. The standard InChI is InChI=1S/C13H13N3O4/c1-19-13-5-10(16(17)18)2-3-12(13)20-11-4-9(6-14)7-15-8-11/h2-5,7-8H,6,14H2,1H3. The van der Waals surface area contributed by atoms with Crippen molar-refractivity contribution in [2.24, 2.45) is 5.73 Å². The van der Waals surface area contributed by atoms with Crippen LogP contribution in [0.25, 0.3) is 0 Å². The fourth-order valence-electron chi connectivity index (χ4n) is 1.61. The zero-order valence-electron chi connectivity index (χ0n) is 10.8. The lowest BCUT2D eigenvalue weighted by molar-refractivity contribution is -0.384. The van der Waals surface area contributed by atoms with E-state index in [4.69, 9.17) is 15.2 Å². The van der Waals surface area contributed by atoms with Gasteiger partial charge in [-0.1, -0.05) is 0 Å². The molecule has 104 valence electrons. The number of ether oxygens (including phenoxy) is 2. The van der Waals surface area contributed by atoms with Crippen LogP contribution in [0.1, 0.15) is 5.56 Å². The van der Waals surface area contributed by atoms with Gasteiger partial charge < -0.3 is 15.2 Å². The third-order valence-electron chi connectivity index (χ3n) is 2.59. The van der Waals surface area contributed by atoms with E-state index < -0.39 is 4.92 Å². The van der Waals surface area contributed by atoms with E-state index in [1.165, 1.54) is 31.5 Å². The van der Waals surface area contributed by atoms with Crippen molar-refractivity contribution in [3.8, 4) is 17.2 Å². The Balaban J connectivity index is 2.30. The largest absolute Gasteiger partial charge is 0.493 e. The highest BCUT2D eigenvalue weighted by Gasteiger charge is 2.13. The molecule has 0 spiro atoms. The number of nitro benzene ring substituents is 1. The zero-order valence-corrected chi connectivity index (χ0v) is 10.8. The van der Waals surface area contributed by atoms with Crippen molar-refractivity contribution < 1.29 is 14.4 Å². The molecule has 2 aromatic rings. The lowest BCUT2D eigenvalue weighted by Gasteiger charge is -2.10. The van der Waals surface area contributed by atoms with Crippen LogP contribution < -0.4 is 15.2 Å². The summed E-state index contributed by atoms with van der Waals surface area (Å²) in [6.07, 6.45) is 3.17. The van der Waals surface area contributed by atoms with Gasteiger partial charge in [0.1, 0.15) is 5.75 Å². The van der Waals surface area contributed by atoms with Gasteiger partial charge in [-0.15, -0.1) is 0 Å². The van der Waals surface area contributed by atoms with Gasteiger partial charge in [0.25, 0.3) is 5.69 Å². The molecule has 0 saturated heterocycles. The Morgan fingerprint density at radius 1 is 1.30 bits per heavy atom. The van der Waals surface area contributed by atoms with E-state index in [-0.39, 0.29) is 11.4 Å². The number of rotatable bonds is 5. The van der Waals surface area contributed by atoms with Crippen LogP contribution in [0.15, 0.2) is 36.7 Å². The van der Waals surface area contributed by atoms with E-state index in [1.54, 1.807) is 12.3 Å². The number of methoxy groups -OCH3 is 1. The van der Waals surface area contributed by atoms with Gasteiger partial charge in [0.2, 0.25) is 0 Å². The highest BCUT2D eigenvalue weighted by atomic mass is 16.6. The molecule has 1 heterocycles. The van der Waals surface area contributed by atoms with E-state index in [9.17, 15) is 10.1 Å². The molecule has 7 nitrogen and oxygen atoms in total. The van der Waals surface area contributed by atoms with Crippen LogP contribution in [-0.4, -0.2) is 17.0 Å². The SMILES string of the molecule is COc1cc([N+](=O)[O-])ccc1Oc1cncc(CN)c1. The predicted octanol–water partition coefficient (Wildman–Crippen LogP) is 2.25. The van der Waals surface area contributed by atoms with Gasteiger partial charge in [0, 0.05) is 18.8 Å². The van der Waals surface area contributed by atoms with Gasteiger partial charge in [-0.25, -0.2) is 0 Å². The van der Waals surface area contributed by atoms with Crippen molar-refractivity contribution in [2.45, 2.75) is 6.54 Å². The highest BCUT2D eigenvalue weighted by Crippen LogP contribution is 2.34. The number of aromatic nitrogens is 1. The van der Waals surface area contributed by atoms with Crippen LogP contribution >= 0.6 is 0 Å². The molecule has 0 bridgehead atoms. The summed E-state index contributed by atoms with van der Waals surface area (Å²) < 4.78 is 10.7. The second-order valence-electron chi connectivity index (χ2n) is 3.93. The maximum Gasteiger partial charge on any atom is 0.273 e. The van der Waals surface area contributed by atoms with Crippen molar-refractivity contribution in [3.05, 3.63) is 52.3 Å². The summed E-state index contributed by atoms with van der Waals surface area (Å²) in [6.45, 7) is 0.349. The molecule has 0 fully saturated rings. The first kappa shape index (κ1) is 13.8. The Morgan fingerprint density at radius 2 is 2.10 bits per heavy atom. The lowest BCUT2D eigenvalue weighted by atomic mass is 10.2. The molecule has 0 aliphatic heterocycles. The molecule has 0 aliphatic carbocycles. The average molecular weight is 275 g/mol. The Kier molecular flexibility index (Phi) is 4.11. The van der Waals surface area contributed by atoms with Gasteiger partial charge in [-0.3, -0.25) is 15.1 Å². The zero-order chi connectivity index (χ0) is 14.5. The van der Waals surface area contributed by atoms with Crippen molar-refractivity contribution in [2.75, 3.05) is 7.11 Å². The van der Waals surface area contributed by atoms with E-state index in [0.717, 1.165) is 5.56 Å². The van der Waals surface area contributed by atoms with E-state index >= 15 is 0 Å². The lowest BCUT2D eigenvalue weighted by Crippen LogP contribution is -1.98. The molecule has 1 aromatic heterocycles. The number of nitrogens with two attached hydrogens (primary N) is 1. The summed E-state index contributed by atoms with van der Waals surface area (Å²) in [5.74, 6) is 1.13. The Bertz CT molecular complexity index is 631. The van der Waals surface area contributed by atoms with E-state index in [0.29, 0.717) is 18.0 Å². The number of pyridine rings is 1. The van der Waals surface area contributed by atoms with Gasteiger partial charge in [-0.2, -0.15) is 0 Å². The third kappa shape index (κ3) is 3.01. The summed E-state index contributed by atoms with van der Waals surface area (Å²) >= 11 is 0. The minimum absolute atomic E-state index is 0.0666. The number of hydrogen-bond donors (Lipinski definition) is 1. The summed E-state index contributed by atoms with van der Waals surface area (Å²) in [7, 11) is 1.42. The number of hydrogen-bond acceptors (Lipinski definition) is 6. The van der Waals surface area contributed by atoms with E-state index in [1.807, 2.05) is 0 Å². The highest BCUT2D eigenvalue weighted by molar-refractivity contribution is 5.50. The minimum atomic E-state index is -0.497. The molecule has 0 atom stereocenters. The normalized spacial score (nSPS) is 10.1. The Morgan fingerprint density at radius 3 is 2.75 bits per heavy atom. The maximum absolute atomic E-state index is 10.7. The average Bonchev–Trinajstić information content (AvgIpc) is 2.47. The van der Waals surface area contributed by atoms with Crippen molar-refractivity contribution in [1.82, 2.24) is 4.98 Å². The summed E-state index contributed by atoms with van der Waals surface area (Å²) in [5.41, 5.74) is 6.28. The number of non-ortho nitro benzene ring substituents is 1. The molecule has 0 amide bonds. The number of nitro groups is 1. The summed E-state index contributed by atoms with van der Waals surface area (Å²) in [5, 5.41) is 10.7. The van der Waals surface area contributed by atoms with Crippen molar-refractivity contribution in [1.29, 1.82) is 0 Å². The van der Waals surface area contributed by atoms with Gasteiger partial charge >= 0.3 is 0 Å². The van der Waals surface area contributed by atoms with Gasteiger partial charge in [-0.05, 0) is 17.7 Å². The molecular weight excluding hydrogens is 262 g/mol. The number of nitrogens with zero attached hydrogens (tertiary/aromatic N) is 2. The van der Waals surface area contributed by atoms with Crippen LogP contribution in [0.2, 0.25) is 0 Å². The predicted molar refractivity (Wildman–Crippen MR) is 71.9 cm³/mol. The molecule has 0 saturated carbocycles. The quantitative estimate of drug-likeness (QED) is 0.663. The molecule has 0 aliphatic rings. The van der Waals surface area contributed by atoms with Crippen LogP contribution in [0.5, 0.6) is 17.2 Å². The molecule has 7 heteroatoms. The van der Waals surface area contributed by atoms with Crippen molar-refractivity contribution >= 4 is 5.69 Å². The minimum Gasteiger partial charge on any atom is -0.493 e. The molecular formula is C13H13N3O4. The van der Waals surface area contributed by atoms with Crippen LogP contribution in [-0.2, 0) is 6.54 Å². The molecule has 2 N–H and O–H groups in total. The van der Waals surface area contributed by atoms with Crippen LogP contribution in [0.4, 0.5) is 5.69 Å². The third-order valence-corrected chi connectivity index (χ3v) is 2.59. The summed E-state index contributed by atoms with van der Waals surface area (Å²) in [4.78, 5) is 14.2. The Labute approximate surface area is 115 Å². The molecule has 2 rings (SSSR count). The first-order valence-electron chi connectivity index (χ1n) is 5.78. The van der Waals surface area contributed by atoms with Crippen molar-refractivity contribution in [3.63, 3.8) is 0 Å². The molecule has 0 radical (unpaired) electrons. The fourth-order valence-corrected chi connectivity index (χ4v) is 1.61. The molecule has 1 aromatic carbocycles.